The Morgan fingerprint density at radius 1 is 2.00 bits per heavy atom. The van der Waals surface area contributed by atoms with Crippen LogP contribution in [0.3, 0.4) is 0 Å². The van der Waals surface area contributed by atoms with Gasteiger partial charge >= 0.3 is 0 Å². The van der Waals surface area contributed by atoms with Crippen molar-refractivity contribution < 1.29 is 9.47 Å². The van der Waals surface area contributed by atoms with Crippen LogP contribution in [0.25, 0.3) is 0 Å². The molecule has 48 valence electrons. The lowest BCUT2D eigenvalue weighted by Crippen LogP contribution is -2.19. The van der Waals surface area contributed by atoms with Crippen LogP contribution in [0.1, 0.15) is 0 Å². The number of alkyl halides is 1. The lowest BCUT2D eigenvalue weighted by molar-refractivity contribution is 0.0935. The van der Waals surface area contributed by atoms with Gasteiger partial charge in [0.05, 0.1) is 18.6 Å². The third-order valence-corrected chi connectivity index (χ3v) is 1.53. The van der Waals surface area contributed by atoms with Crippen LogP contribution in [0.2, 0.25) is 0 Å². The molecule has 1 aliphatic heterocycles. The molecular weight excluding hydrogens is 128 g/mol. The summed E-state index contributed by atoms with van der Waals surface area (Å²) in [7, 11) is 1.65. The van der Waals surface area contributed by atoms with E-state index in [2.05, 4.69) is 0 Å². The first-order valence-corrected chi connectivity index (χ1v) is 3.12. The van der Waals surface area contributed by atoms with Gasteiger partial charge in [0.2, 0.25) is 0 Å². The number of halogens is 1. The number of ether oxygens (including phenoxy) is 2. The van der Waals surface area contributed by atoms with Crippen LogP contribution < -0.4 is 0 Å². The fourth-order valence-corrected chi connectivity index (χ4v) is 0.909. The first kappa shape index (κ1) is 6.33. The van der Waals surface area contributed by atoms with Crippen LogP contribution in [-0.4, -0.2) is 31.8 Å². The maximum Gasteiger partial charge on any atom is 0.108 e. The van der Waals surface area contributed by atoms with Crippen molar-refractivity contribution in [1.82, 2.24) is 0 Å². The average molecular weight is 137 g/mol. The Morgan fingerprint density at radius 3 is 2.75 bits per heavy atom. The van der Waals surface area contributed by atoms with Gasteiger partial charge in [-0.3, -0.25) is 0 Å². The van der Waals surface area contributed by atoms with Crippen molar-refractivity contribution >= 4 is 11.6 Å². The quantitative estimate of drug-likeness (QED) is 0.420. The van der Waals surface area contributed by atoms with Gasteiger partial charge in [-0.1, -0.05) is 0 Å². The maximum atomic E-state index is 5.50. The van der Waals surface area contributed by atoms with Crippen molar-refractivity contribution in [3.63, 3.8) is 0 Å². The summed E-state index contributed by atoms with van der Waals surface area (Å²) >= 11 is 5.50. The lowest BCUT2D eigenvalue weighted by Gasteiger charge is -2.05. The standard InChI is InChI=1S/C5H9ClO2/c1-7-4(2-6)5-3-8-5/h4-5H,2-3H2,1H3. The molecule has 0 aromatic rings. The third-order valence-electron chi connectivity index (χ3n) is 1.23. The molecule has 0 aromatic carbocycles. The summed E-state index contributed by atoms with van der Waals surface area (Å²) in [5.74, 6) is 0.529. The Morgan fingerprint density at radius 2 is 2.62 bits per heavy atom. The average Bonchev–Trinajstić information content (AvgIpc) is 2.53. The molecule has 0 amide bonds. The molecule has 2 unspecified atom stereocenters. The Balaban J connectivity index is 2.15. The van der Waals surface area contributed by atoms with Crippen LogP contribution in [0, 0.1) is 0 Å². The molecule has 3 heteroatoms. The largest absolute Gasteiger partial charge is 0.377 e. The first-order valence-electron chi connectivity index (χ1n) is 2.59. The predicted molar refractivity (Wildman–Crippen MR) is 31.3 cm³/mol. The van der Waals surface area contributed by atoms with E-state index in [1.54, 1.807) is 7.11 Å². The minimum Gasteiger partial charge on any atom is -0.377 e. The summed E-state index contributed by atoms with van der Waals surface area (Å²) in [6, 6.07) is 0. The van der Waals surface area contributed by atoms with E-state index in [9.17, 15) is 0 Å². The topological polar surface area (TPSA) is 21.8 Å². The highest BCUT2D eigenvalue weighted by Gasteiger charge is 2.31. The second kappa shape index (κ2) is 2.67. The van der Waals surface area contributed by atoms with Crippen molar-refractivity contribution in [3.05, 3.63) is 0 Å². The van der Waals surface area contributed by atoms with E-state index < -0.39 is 0 Å². The molecule has 0 aliphatic carbocycles. The molecular formula is C5H9ClO2. The second-order valence-corrected chi connectivity index (χ2v) is 2.11. The predicted octanol–water partition coefficient (Wildman–Crippen LogP) is 0.639. The zero-order valence-electron chi connectivity index (χ0n) is 4.76. The summed E-state index contributed by atoms with van der Waals surface area (Å²) in [5, 5.41) is 0. The van der Waals surface area contributed by atoms with Gasteiger partial charge in [0.1, 0.15) is 6.10 Å². The van der Waals surface area contributed by atoms with E-state index in [1.807, 2.05) is 0 Å². The molecule has 1 saturated heterocycles. The highest BCUT2D eigenvalue weighted by Crippen LogP contribution is 2.16. The van der Waals surface area contributed by atoms with E-state index in [4.69, 9.17) is 21.1 Å². The molecule has 8 heavy (non-hydrogen) atoms. The van der Waals surface area contributed by atoms with Gasteiger partial charge in [-0.2, -0.15) is 0 Å². The van der Waals surface area contributed by atoms with Gasteiger partial charge in [-0.15, -0.1) is 11.6 Å². The zero-order chi connectivity index (χ0) is 5.98. The third kappa shape index (κ3) is 1.34. The fraction of sp³-hybridized carbons (Fsp3) is 1.00. The summed E-state index contributed by atoms with van der Waals surface area (Å²) < 4.78 is 9.91. The van der Waals surface area contributed by atoms with Crippen molar-refractivity contribution in [1.29, 1.82) is 0 Å². The highest BCUT2D eigenvalue weighted by molar-refractivity contribution is 6.18. The minimum absolute atomic E-state index is 0.108. The summed E-state index contributed by atoms with van der Waals surface area (Å²) in [6.45, 7) is 0.811. The Hall–Kier alpha value is 0.210. The molecule has 0 spiro atoms. The van der Waals surface area contributed by atoms with Crippen LogP contribution in [-0.2, 0) is 9.47 Å². The minimum atomic E-state index is 0.108. The molecule has 0 bridgehead atoms. The van der Waals surface area contributed by atoms with Gasteiger partial charge in [0.15, 0.2) is 0 Å². The van der Waals surface area contributed by atoms with Crippen molar-refractivity contribution in [2.24, 2.45) is 0 Å². The molecule has 1 rings (SSSR count). The van der Waals surface area contributed by atoms with Gasteiger partial charge < -0.3 is 9.47 Å². The smallest absolute Gasteiger partial charge is 0.108 e. The monoisotopic (exact) mass is 136 g/mol. The van der Waals surface area contributed by atoms with E-state index in [1.165, 1.54) is 0 Å². The summed E-state index contributed by atoms with van der Waals surface area (Å²) in [5.41, 5.74) is 0. The number of hydrogen-bond donors (Lipinski definition) is 0. The second-order valence-electron chi connectivity index (χ2n) is 1.80. The molecule has 0 radical (unpaired) electrons. The molecule has 1 fully saturated rings. The molecule has 0 N–H and O–H groups in total. The van der Waals surface area contributed by atoms with Gasteiger partial charge in [0, 0.05) is 7.11 Å². The van der Waals surface area contributed by atoms with E-state index in [-0.39, 0.29) is 12.2 Å². The van der Waals surface area contributed by atoms with Crippen molar-refractivity contribution in [3.8, 4) is 0 Å². The Kier molecular flexibility index (Phi) is 2.11. The van der Waals surface area contributed by atoms with E-state index >= 15 is 0 Å². The summed E-state index contributed by atoms with van der Waals surface area (Å²) in [6.07, 6.45) is 0.383. The van der Waals surface area contributed by atoms with Crippen LogP contribution in [0.5, 0.6) is 0 Å². The first-order chi connectivity index (χ1) is 3.88. The molecule has 0 saturated carbocycles. The van der Waals surface area contributed by atoms with Gasteiger partial charge in [0.25, 0.3) is 0 Å². The number of epoxide rings is 1. The van der Waals surface area contributed by atoms with Crippen molar-refractivity contribution in [2.75, 3.05) is 19.6 Å². The lowest BCUT2D eigenvalue weighted by atomic mass is 10.3. The number of methoxy groups -OCH3 is 1. The number of hydrogen-bond acceptors (Lipinski definition) is 2. The molecule has 1 heterocycles. The van der Waals surface area contributed by atoms with Gasteiger partial charge in [-0.05, 0) is 0 Å². The Labute approximate surface area is 53.7 Å². The molecule has 1 aliphatic rings. The molecule has 2 nitrogen and oxygen atoms in total. The maximum absolute atomic E-state index is 5.50. The van der Waals surface area contributed by atoms with Crippen LogP contribution in [0.15, 0.2) is 0 Å². The SMILES string of the molecule is COC(CCl)C1CO1. The van der Waals surface area contributed by atoms with Crippen LogP contribution in [0.4, 0.5) is 0 Å². The van der Waals surface area contributed by atoms with Gasteiger partial charge in [-0.25, -0.2) is 0 Å². The molecule has 2 atom stereocenters. The van der Waals surface area contributed by atoms with Crippen molar-refractivity contribution in [2.45, 2.75) is 12.2 Å². The number of rotatable bonds is 3. The van der Waals surface area contributed by atoms with E-state index in [0.29, 0.717) is 5.88 Å². The Bertz CT molecular complexity index is 68.8. The van der Waals surface area contributed by atoms with E-state index in [0.717, 1.165) is 6.61 Å². The summed E-state index contributed by atoms with van der Waals surface area (Å²) in [4.78, 5) is 0. The normalized spacial score (nSPS) is 30.0. The highest BCUT2D eigenvalue weighted by atomic mass is 35.5. The fourth-order valence-electron chi connectivity index (χ4n) is 0.584. The van der Waals surface area contributed by atoms with Crippen LogP contribution >= 0.6 is 11.6 Å². The zero-order valence-corrected chi connectivity index (χ0v) is 5.52. The molecule has 0 aromatic heterocycles.